The maximum Gasteiger partial charge on any atom is 0.266 e. The van der Waals surface area contributed by atoms with Gasteiger partial charge in [0.1, 0.15) is 0 Å². The maximum atomic E-state index is 4.35. The van der Waals surface area contributed by atoms with E-state index < -0.39 is 0 Å². The molecule has 1 saturated heterocycles. The molecule has 0 spiro atoms. The van der Waals surface area contributed by atoms with Crippen molar-refractivity contribution in [2.24, 2.45) is 0 Å². The van der Waals surface area contributed by atoms with Crippen molar-refractivity contribution in [3.63, 3.8) is 0 Å². The molecule has 78 valence electrons. The first kappa shape index (κ1) is 9.43. The van der Waals surface area contributed by atoms with Crippen LogP contribution in [0.1, 0.15) is 39.2 Å². The minimum atomic E-state index is 0.293. The Morgan fingerprint density at radius 3 is 2.43 bits per heavy atom. The molecule has 0 atom stereocenters. The number of nitrogens with zero attached hydrogens (tertiary/aromatic N) is 5. The molecule has 1 aliphatic rings. The average Bonchev–Trinajstić information content (AvgIpc) is 2.68. The van der Waals surface area contributed by atoms with Crippen molar-refractivity contribution >= 4 is 5.95 Å². The summed E-state index contributed by atoms with van der Waals surface area (Å²) in [6.45, 7) is 6.26. The first-order valence-corrected chi connectivity index (χ1v) is 5.32. The standard InChI is InChI=1S/C9H17N5/c1-8(2)14-11-9(10-12-14)13-6-4-3-5-7-13/h8H,3-7H2,1-2H3. The summed E-state index contributed by atoms with van der Waals surface area (Å²) in [5, 5.41) is 12.4. The predicted molar refractivity (Wildman–Crippen MR) is 54.3 cm³/mol. The maximum absolute atomic E-state index is 4.35. The number of tetrazole rings is 1. The normalized spacial score (nSPS) is 17.8. The first-order valence-electron chi connectivity index (χ1n) is 5.32. The molecule has 1 fully saturated rings. The van der Waals surface area contributed by atoms with Crippen molar-refractivity contribution in [3.05, 3.63) is 0 Å². The molecular formula is C9H17N5. The average molecular weight is 195 g/mol. The van der Waals surface area contributed by atoms with Crippen LogP contribution in [0.4, 0.5) is 5.95 Å². The van der Waals surface area contributed by atoms with E-state index in [2.05, 4.69) is 34.2 Å². The van der Waals surface area contributed by atoms with Gasteiger partial charge in [0, 0.05) is 13.1 Å². The van der Waals surface area contributed by atoms with Crippen LogP contribution in [-0.2, 0) is 0 Å². The monoisotopic (exact) mass is 195 g/mol. The van der Waals surface area contributed by atoms with Crippen molar-refractivity contribution in [2.45, 2.75) is 39.2 Å². The van der Waals surface area contributed by atoms with E-state index in [1.807, 2.05) is 0 Å². The summed E-state index contributed by atoms with van der Waals surface area (Å²) in [6.07, 6.45) is 3.82. The molecule has 5 heteroatoms. The Bertz CT molecular complexity index is 287. The van der Waals surface area contributed by atoms with Gasteiger partial charge in [-0.25, -0.2) is 0 Å². The zero-order valence-corrected chi connectivity index (χ0v) is 8.85. The fourth-order valence-corrected chi connectivity index (χ4v) is 1.66. The van der Waals surface area contributed by atoms with Gasteiger partial charge in [-0.2, -0.15) is 4.80 Å². The highest BCUT2D eigenvalue weighted by Gasteiger charge is 2.15. The molecular weight excluding hydrogens is 178 g/mol. The summed E-state index contributed by atoms with van der Waals surface area (Å²) in [5.74, 6) is 0.790. The molecule has 0 N–H and O–H groups in total. The second-order valence-electron chi connectivity index (χ2n) is 4.05. The van der Waals surface area contributed by atoms with Crippen molar-refractivity contribution in [3.8, 4) is 0 Å². The SMILES string of the molecule is CC(C)n1nnc(N2CCCCC2)n1. The van der Waals surface area contributed by atoms with E-state index in [1.54, 1.807) is 4.80 Å². The van der Waals surface area contributed by atoms with Gasteiger partial charge in [-0.05, 0) is 38.3 Å². The molecule has 1 aliphatic heterocycles. The third-order valence-electron chi connectivity index (χ3n) is 2.52. The highest BCUT2D eigenvalue weighted by molar-refractivity contribution is 5.26. The molecule has 0 unspecified atom stereocenters. The summed E-state index contributed by atoms with van der Waals surface area (Å²) in [6, 6.07) is 0.293. The van der Waals surface area contributed by atoms with Crippen LogP contribution in [0.15, 0.2) is 0 Å². The molecule has 0 radical (unpaired) electrons. The Morgan fingerprint density at radius 1 is 1.14 bits per heavy atom. The lowest BCUT2D eigenvalue weighted by Crippen LogP contribution is -2.30. The van der Waals surface area contributed by atoms with Crippen molar-refractivity contribution in [1.82, 2.24) is 20.2 Å². The molecule has 0 aliphatic carbocycles. The largest absolute Gasteiger partial charge is 0.338 e. The summed E-state index contributed by atoms with van der Waals surface area (Å²) in [7, 11) is 0. The fourth-order valence-electron chi connectivity index (χ4n) is 1.66. The van der Waals surface area contributed by atoms with Crippen LogP contribution in [0.3, 0.4) is 0 Å². The van der Waals surface area contributed by atoms with Gasteiger partial charge < -0.3 is 4.90 Å². The van der Waals surface area contributed by atoms with E-state index in [-0.39, 0.29) is 0 Å². The summed E-state index contributed by atoms with van der Waals surface area (Å²) < 4.78 is 0. The van der Waals surface area contributed by atoms with Gasteiger partial charge >= 0.3 is 0 Å². The van der Waals surface area contributed by atoms with Gasteiger partial charge in [0.2, 0.25) is 0 Å². The Morgan fingerprint density at radius 2 is 1.86 bits per heavy atom. The third kappa shape index (κ3) is 1.86. The van der Waals surface area contributed by atoms with E-state index in [0.717, 1.165) is 19.0 Å². The van der Waals surface area contributed by atoms with Crippen LogP contribution in [0.2, 0.25) is 0 Å². The lowest BCUT2D eigenvalue weighted by molar-refractivity contribution is 0.454. The van der Waals surface area contributed by atoms with Gasteiger partial charge in [0.05, 0.1) is 6.04 Å². The Balaban J connectivity index is 2.07. The number of hydrogen-bond donors (Lipinski definition) is 0. The van der Waals surface area contributed by atoms with Crippen LogP contribution < -0.4 is 4.90 Å². The molecule has 0 bridgehead atoms. The molecule has 0 saturated carbocycles. The van der Waals surface area contributed by atoms with Crippen LogP contribution in [0.5, 0.6) is 0 Å². The van der Waals surface area contributed by atoms with Crippen LogP contribution in [0, 0.1) is 0 Å². The van der Waals surface area contributed by atoms with Crippen molar-refractivity contribution in [2.75, 3.05) is 18.0 Å². The molecule has 1 aromatic heterocycles. The molecule has 2 heterocycles. The Kier molecular flexibility index (Phi) is 2.65. The predicted octanol–water partition coefficient (Wildman–Crippen LogP) is 1.24. The highest BCUT2D eigenvalue weighted by Crippen LogP contribution is 2.14. The zero-order valence-electron chi connectivity index (χ0n) is 8.85. The Hall–Kier alpha value is -1.13. The lowest BCUT2D eigenvalue weighted by Gasteiger charge is -2.24. The smallest absolute Gasteiger partial charge is 0.266 e. The third-order valence-corrected chi connectivity index (χ3v) is 2.52. The number of hydrogen-bond acceptors (Lipinski definition) is 4. The van der Waals surface area contributed by atoms with Crippen molar-refractivity contribution < 1.29 is 0 Å². The minimum Gasteiger partial charge on any atom is -0.338 e. The van der Waals surface area contributed by atoms with E-state index >= 15 is 0 Å². The van der Waals surface area contributed by atoms with E-state index in [4.69, 9.17) is 0 Å². The molecule has 14 heavy (non-hydrogen) atoms. The topological polar surface area (TPSA) is 46.8 Å². The lowest BCUT2D eigenvalue weighted by atomic mass is 10.1. The highest BCUT2D eigenvalue weighted by atomic mass is 15.6. The second kappa shape index (κ2) is 3.94. The number of anilines is 1. The van der Waals surface area contributed by atoms with Gasteiger partial charge in [0.15, 0.2) is 0 Å². The van der Waals surface area contributed by atoms with Crippen molar-refractivity contribution in [1.29, 1.82) is 0 Å². The Labute approximate surface area is 84.1 Å². The zero-order chi connectivity index (χ0) is 9.97. The van der Waals surface area contributed by atoms with Crippen LogP contribution >= 0.6 is 0 Å². The van der Waals surface area contributed by atoms with E-state index in [1.165, 1.54) is 19.3 Å². The van der Waals surface area contributed by atoms with E-state index in [9.17, 15) is 0 Å². The number of aromatic nitrogens is 4. The fraction of sp³-hybridized carbons (Fsp3) is 0.889. The molecule has 1 aromatic rings. The van der Waals surface area contributed by atoms with Crippen LogP contribution in [-0.4, -0.2) is 33.3 Å². The van der Waals surface area contributed by atoms with Gasteiger partial charge in [-0.3, -0.25) is 0 Å². The summed E-state index contributed by atoms with van der Waals surface area (Å²) >= 11 is 0. The quantitative estimate of drug-likeness (QED) is 0.712. The van der Waals surface area contributed by atoms with E-state index in [0.29, 0.717) is 6.04 Å². The van der Waals surface area contributed by atoms with Gasteiger partial charge in [0.25, 0.3) is 5.95 Å². The van der Waals surface area contributed by atoms with Crippen LogP contribution in [0.25, 0.3) is 0 Å². The summed E-state index contributed by atoms with van der Waals surface area (Å²) in [5.41, 5.74) is 0. The molecule has 0 amide bonds. The molecule has 0 aromatic carbocycles. The molecule has 5 nitrogen and oxygen atoms in total. The number of piperidine rings is 1. The molecule has 2 rings (SSSR count). The van der Waals surface area contributed by atoms with Gasteiger partial charge in [-0.15, -0.1) is 5.10 Å². The van der Waals surface area contributed by atoms with Gasteiger partial charge in [-0.1, -0.05) is 5.10 Å². The minimum absolute atomic E-state index is 0.293. The second-order valence-corrected chi connectivity index (χ2v) is 4.05. The first-order chi connectivity index (χ1) is 6.77. The summed E-state index contributed by atoms with van der Waals surface area (Å²) in [4.78, 5) is 3.89. The number of rotatable bonds is 2.